The van der Waals surface area contributed by atoms with Crippen LogP contribution in [-0.2, 0) is 26.0 Å². The molecule has 3 rings (SSSR count). The number of hydrogen-bond acceptors (Lipinski definition) is 7. The number of rotatable bonds is 4. The first-order valence-corrected chi connectivity index (χ1v) is 10.9. The molecule has 0 bridgehead atoms. The summed E-state index contributed by atoms with van der Waals surface area (Å²) in [6.45, 7) is 6.17. The fourth-order valence-electron chi connectivity index (χ4n) is 4.27. The maximum atomic E-state index is 13.6. The Labute approximate surface area is 183 Å². The largest absolute Gasteiger partial charge is 0.468 e. The molecule has 1 aromatic rings. The molecule has 3 atom stereocenters. The molecule has 0 saturated carbocycles. The second-order valence-corrected chi connectivity index (χ2v) is 10.0. The number of nitrogens with zero attached hydrogens (tertiary/aromatic N) is 1. The third-order valence-electron chi connectivity index (χ3n) is 5.73. The Kier molecular flexibility index (Phi) is 6.71. The van der Waals surface area contributed by atoms with Gasteiger partial charge in [-0.3, -0.25) is 9.69 Å². The van der Waals surface area contributed by atoms with Gasteiger partial charge in [-0.15, -0.1) is 11.8 Å². The molecule has 0 aromatic heterocycles. The lowest BCUT2D eigenvalue weighted by Crippen LogP contribution is -2.52. The summed E-state index contributed by atoms with van der Waals surface area (Å²) >= 11 is 0.706. The zero-order valence-corrected chi connectivity index (χ0v) is 18.7. The Morgan fingerprint density at radius 3 is 2.39 bits per heavy atom. The van der Waals surface area contributed by atoms with Gasteiger partial charge in [0.2, 0.25) is 6.41 Å². The molecule has 2 N–H and O–H groups in total. The van der Waals surface area contributed by atoms with Gasteiger partial charge in [-0.05, 0) is 51.2 Å². The number of hydrogen-bond donors (Lipinski definition) is 2. The van der Waals surface area contributed by atoms with E-state index in [1.165, 1.54) is 12.1 Å². The normalized spacial score (nSPS) is 26.5. The number of alkyl halides is 3. The highest BCUT2D eigenvalue weighted by Gasteiger charge is 2.57. The van der Waals surface area contributed by atoms with Gasteiger partial charge < -0.3 is 19.7 Å². The van der Waals surface area contributed by atoms with E-state index in [1.54, 1.807) is 4.90 Å². The first-order chi connectivity index (χ1) is 14.3. The summed E-state index contributed by atoms with van der Waals surface area (Å²) < 4.78 is 51.1. The van der Waals surface area contributed by atoms with Gasteiger partial charge >= 0.3 is 12.1 Å². The Hall–Kier alpha value is -1.33. The number of fused-ring (bicyclic) bond motifs is 1. The number of thioether (sulfide) groups is 1. The van der Waals surface area contributed by atoms with Crippen molar-refractivity contribution in [3.8, 4) is 0 Å². The maximum Gasteiger partial charge on any atom is 0.417 e. The number of piperidine rings is 1. The molecular weight excluding hydrogens is 435 g/mol. The van der Waals surface area contributed by atoms with E-state index in [2.05, 4.69) is 0 Å². The quantitative estimate of drug-likeness (QED) is 0.524. The number of halogens is 3. The van der Waals surface area contributed by atoms with Crippen LogP contribution in [0.3, 0.4) is 0 Å². The van der Waals surface area contributed by atoms with Crippen LogP contribution in [0.2, 0.25) is 0 Å². The van der Waals surface area contributed by atoms with Gasteiger partial charge in [0.1, 0.15) is 10.9 Å². The second kappa shape index (κ2) is 8.55. The van der Waals surface area contributed by atoms with Crippen molar-refractivity contribution in [3.63, 3.8) is 0 Å². The van der Waals surface area contributed by atoms with Crippen molar-refractivity contribution in [2.45, 2.75) is 67.6 Å². The lowest BCUT2D eigenvalue weighted by atomic mass is 9.73. The molecule has 1 unspecified atom stereocenters. The number of esters is 1. The van der Waals surface area contributed by atoms with Crippen molar-refractivity contribution in [2.75, 3.05) is 20.2 Å². The van der Waals surface area contributed by atoms with Crippen LogP contribution in [0, 0.1) is 5.92 Å². The van der Waals surface area contributed by atoms with Crippen LogP contribution in [-0.4, -0.2) is 58.5 Å². The van der Waals surface area contributed by atoms with Crippen LogP contribution in [0.5, 0.6) is 0 Å². The number of likely N-dealkylation sites (tertiary alicyclic amines) is 1. The topological polar surface area (TPSA) is 79.2 Å². The van der Waals surface area contributed by atoms with Crippen LogP contribution >= 0.6 is 11.8 Å². The third kappa shape index (κ3) is 4.73. The average molecular weight is 464 g/mol. The molecule has 1 saturated heterocycles. The number of benzene rings is 1. The molecule has 2 aliphatic rings. The number of aliphatic hydroxyl groups is 2. The Bertz CT molecular complexity index is 820. The summed E-state index contributed by atoms with van der Waals surface area (Å²) in [7, 11) is 1.15. The number of ether oxygens (including phenoxy) is 2. The predicted molar refractivity (Wildman–Crippen MR) is 108 cm³/mol. The van der Waals surface area contributed by atoms with Gasteiger partial charge in [-0.25, -0.2) is 0 Å². The average Bonchev–Trinajstić information content (AvgIpc) is 2.99. The van der Waals surface area contributed by atoms with E-state index in [0.29, 0.717) is 37.7 Å². The van der Waals surface area contributed by atoms with Crippen LogP contribution in [0.15, 0.2) is 23.1 Å². The standard InChI is InChI=1S/C21H28F3NO5S/c1-19(2,3)30-18(27)25-10-8-12(9-11-25)20(28)13-6-5-7-14(21(22,23)24)15(13)31-16(20)17(26)29-4/h5-7,12,16,18,27-28H,8-11H2,1-4H3/t16-,18?,20-/m1/s1. The van der Waals surface area contributed by atoms with Crippen molar-refractivity contribution in [2.24, 2.45) is 5.92 Å². The minimum absolute atomic E-state index is 0.104. The molecule has 0 spiro atoms. The number of aliphatic hydroxyl groups excluding tert-OH is 1. The first kappa shape index (κ1) is 24.3. The molecule has 6 nitrogen and oxygen atoms in total. The van der Waals surface area contributed by atoms with Crippen molar-refractivity contribution in [1.29, 1.82) is 0 Å². The van der Waals surface area contributed by atoms with Crippen molar-refractivity contribution in [1.82, 2.24) is 4.90 Å². The van der Waals surface area contributed by atoms with Gasteiger partial charge in [0, 0.05) is 18.0 Å². The molecule has 1 fully saturated rings. The predicted octanol–water partition coefficient (Wildman–Crippen LogP) is 3.34. The Morgan fingerprint density at radius 2 is 1.87 bits per heavy atom. The van der Waals surface area contributed by atoms with Gasteiger partial charge in [0.05, 0.1) is 18.3 Å². The summed E-state index contributed by atoms with van der Waals surface area (Å²) in [4.78, 5) is 14.0. The molecule has 0 aliphatic carbocycles. The van der Waals surface area contributed by atoms with Gasteiger partial charge in [-0.1, -0.05) is 12.1 Å². The summed E-state index contributed by atoms with van der Waals surface area (Å²) in [5, 5.41) is 20.8. The summed E-state index contributed by atoms with van der Waals surface area (Å²) in [5.41, 5.74) is -3.13. The first-order valence-electron chi connectivity index (χ1n) is 10.1. The number of methoxy groups -OCH3 is 1. The minimum Gasteiger partial charge on any atom is -0.468 e. The molecular formula is C21H28F3NO5S. The molecule has 174 valence electrons. The summed E-state index contributed by atoms with van der Waals surface area (Å²) in [6, 6.07) is 3.65. The number of carbonyl (C=O) groups excluding carboxylic acids is 1. The molecule has 10 heteroatoms. The van der Waals surface area contributed by atoms with E-state index in [0.717, 1.165) is 13.2 Å². The Balaban J connectivity index is 1.90. The highest BCUT2D eigenvalue weighted by atomic mass is 32.2. The molecule has 0 amide bonds. The molecule has 1 aromatic carbocycles. The Morgan fingerprint density at radius 1 is 1.26 bits per heavy atom. The number of carbonyl (C=O) groups is 1. The highest BCUT2D eigenvalue weighted by Crippen LogP contribution is 2.57. The van der Waals surface area contributed by atoms with E-state index in [9.17, 15) is 28.2 Å². The van der Waals surface area contributed by atoms with Crippen LogP contribution in [0.4, 0.5) is 13.2 Å². The van der Waals surface area contributed by atoms with Crippen LogP contribution < -0.4 is 0 Å². The van der Waals surface area contributed by atoms with E-state index >= 15 is 0 Å². The molecule has 0 radical (unpaired) electrons. The zero-order valence-electron chi connectivity index (χ0n) is 17.9. The summed E-state index contributed by atoms with van der Waals surface area (Å²) in [6.07, 6.45) is -5.01. The highest BCUT2D eigenvalue weighted by molar-refractivity contribution is 8.01. The van der Waals surface area contributed by atoms with E-state index < -0.39 is 46.5 Å². The smallest absolute Gasteiger partial charge is 0.417 e. The van der Waals surface area contributed by atoms with E-state index in [4.69, 9.17) is 9.47 Å². The van der Waals surface area contributed by atoms with E-state index in [-0.39, 0.29) is 10.5 Å². The second-order valence-electron chi connectivity index (χ2n) is 8.89. The van der Waals surface area contributed by atoms with Crippen LogP contribution in [0.25, 0.3) is 0 Å². The van der Waals surface area contributed by atoms with Crippen molar-refractivity contribution < 1.29 is 37.7 Å². The van der Waals surface area contributed by atoms with E-state index in [1.807, 2.05) is 20.8 Å². The maximum absolute atomic E-state index is 13.6. The summed E-state index contributed by atoms with van der Waals surface area (Å²) in [5.74, 6) is -1.26. The van der Waals surface area contributed by atoms with Gasteiger partial charge in [0.15, 0.2) is 0 Å². The molecule has 2 aliphatic heterocycles. The zero-order chi connectivity index (χ0) is 23.2. The van der Waals surface area contributed by atoms with Crippen molar-refractivity contribution >= 4 is 17.7 Å². The third-order valence-corrected chi connectivity index (χ3v) is 7.19. The molecule has 31 heavy (non-hydrogen) atoms. The van der Waals surface area contributed by atoms with Crippen LogP contribution in [0.1, 0.15) is 44.7 Å². The fourth-order valence-corrected chi connectivity index (χ4v) is 5.87. The van der Waals surface area contributed by atoms with Gasteiger partial charge in [-0.2, -0.15) is 13.2 Å². The minimum atomic E-state index is -4.61. The SMILES string of the molecule is COC(=O)[C@H]1Sc2c(C(F)(F)F)cccc2[C@]1(O)C1CCN(C(O)OC(C)(C)C)CC1. The van der Waals surface area contributed by atoms with Crippen molar-refractivity contribution in [3.05, 3.63) is 29.3 Å². The lowest BCUT2D eigenvalue weighted by molar-refractivity contribution is -0.246. The fraction of sp³-hybridized carbons (Fsp3) is 0.667. The lowest BCUT2D eigenvalue weighted by Gasteiger charge is -2.43. The monoisotopic (exact) mass is 463 g/mol. The molecule has 2 heterocycles. The van der Waals surface area contributed by atoms with Gasteiger partial charge in [0.25, 0.3) is 0 Å².